The van der Waals surface area contributed by atoms with Gasteiger partial charge in [-0.25, -0.2) is 18.7 Å². The van der Waals surface area contributed by atoms with E-state index in [-0.39, 0.29) is 17.3 Å². The van der Waals surface area contributed by atoms with Crippen molar-refractivity contribution in [3.8, 4) is 0 Å². The molecule has 0 bridgehead atoms. The van der Waals surface area contributed by atoms with Gasteiger partial charge in [0.25, 0.3) is 5.91 Å². The quantitative estimate of drug-likeness (QED) is 0.752. The van der Waals surface area contributed by atoms with Gasteiger partial charge < -0.3 is 10.6 Å². The maximum absolute atomic E-state index is 13.7. The minimum atomic E-state index is -0.478. The zero-order chi connectivity index (χ0) is 17.8. The van der Waals surface area contributed by atoms with E-state index in [0.717, 1.165) is 0 Å². The Morgan fingerprint density at radius 1 is 1.00 bits per heavy atom. The van der Waals surface area contributed by atoms with Gasteiger partial charge in [-0.2, -0.15) is 0 Å². The first-order valence-corrected chi connectivity index (χ1v) is 7.45. The molecule has 0 aliphatic heterocycles. The van der Waals surface area contributed by atoms with Gasteiger partial charge in [0.1, 0.15) is 17.3 Å². The van der Waals surface area contributed by atoms with Crippen molar-refractivity contribution in [2.75, 3.05) is 10.6 Å². The highest BCUT2D eigenvalue weighted by Crippen LogP contribution is 2.18. The number of nitrogens with one attached hydrogen (secondary N) is 2. The van der Waals surface area contributed by atoms with Crippen LogP contribution in [-0.4, -0.2) is 15.9 Å². The van der Waals surface area contributed by atoms with E-state index in [2.05, 4.69) is 20.6 Å². The van der Waals surface area contributed by atoms with Gasteiger partial charge in [0.05, 0.1) is 5.69 Å². The largest absolute Gasteiger partial charge is 0.322 e. The van der Waals surface area contributed by atoms with Crippen LogP contribution in [0.3, 0.4) is 0 Å². The van der Waals surface area contributed by atoms with Crippen LogP contribution >= 0.6 is 0 Å². The molecule has 0 spiro atoms. The van der Waals surface area contributed by atoms with Crippen molar-refractivity contribution in [2.45, 2.75) is 6.92 Å². The molecular weight excluding hydrogens is 326 g/mol. The van der Waals surface area contributed by atoms with Crippen molar-refractivity contribution in [3.63, 3.8) is 0 Å². The van der Waals surface area contributed by atoms with Gasteiger partial charge in [-0.3, -0.25) is 4.79 Å². The summed E-state index contributed by atoms with van der Waals surface area (Å²) in [5, 5.41) is 5.37. The zero-order valence-electron chi connectivity index (χ0n) is 13.3. The van der Waals surface area contributed by atoms with Crippen molar-refractivity contribution in [2.24, 2.45) is 0 Å². The van der Waals surface area contributed by atoms with Crippen LogP contribution in [0.4, 0.5) is 26.1 Å². The summed E-state index contributed by atoms with van der Waals surface area (Å²) in [6.07, 6.45) is 0. The van der Waals surface area contributed by atoms with Gasteiger partial charge >= 0.3 is 0 Å². The fourth-order valence-corrected chi connectivity index (χ4v) is 2.15. The Morgan fingerprint density at radius 2 is 1.72 bits per heavy atom. The standard InChI is InChI=1S/C18H14F2N4O/c1-11-10-16(17(25)22-13-8-6-12(19)7-9-13)24-18(21-11)23-15-5-3-2-4-14(15)20/h2-10H,1H3,(H,22,25)(H,21,23,24). The Hall–Kier alpha value is -3.35. The highest BCUT2D eigenvalue weighted by atomic mass is 19.1. The molecule has 0 aliphatic carbocycles. The van der Waals surface area contributed by atoms with Crippen LogP contribution < -0.4 is 10.6 Å². The molecule has 7 heteroatoms. The number of anilines is 3. The number of amides is 1. The summed E-state index contributed by atoms with van der Waals surface area (Å²) in [5.41, 5.74) is 1.29. The number of rotatable bonds is 4. The number of aryl methyl sites for hydroxylation is 1. The zero-order valence-corrected chi connectivity index (χ0v) is 13.3. The second-order valence-electron chi connectivity index (χ2n) is 5.28. The van der Waals surface area contributed by atoms with E-state index >= 15 is 0 Å². The summed E-state index contributed by atoms with van der Waals surface area (Å²) in [4.78, 5) is 20.6. The number of para-hydroxylation sites is 1. The maximum Gasteiger partial charge on any atom is 0.274 e. The lowest BCUT2D eigenvalue weighted by Crippen LogP contribution is -2.15. The lowest BCUT2D eigenvalue weighted by atomic mass is 10.2. The summed E-state index contributed by atoms with van der Waals surface area (Å²) in [6.45, 7) is 1.70. The van der Waals surface area contributed by atoms with Gasteiger partial charge in [-0.1, -0.05) is 12.1 Å². The summed E-state index contributed by atoms with van der Waals surface area (Å²) in [7, 11) is 0. The average Bonchev–Trinajstić information content (AvgIpc) is 2.58. The molecule has 0 saturated heterocycles. The van der Waals surface area contributed by atoms with Crippen molar-refractivity contribution in [1.82, 2.24) is 9.97 Å². The summed E-state index contributed by atoms with van der Waals surface area (Å²) in [6, 6.07) is 13.0. The molecule has 1 amide bonds. The summed E-state index contributed by atoms with van der Waals surface area (Å²) >= 11 is 0. The van der Waals surface area contributed by atoms with E-state index in [4.69, 9.17) is 0 Å². The molecule has 0 unspecified atom stereocenters. The number of hydrogen-bond donors (Lipinski definition) is 2. The molecule has 0 radical (unpaired) electrons. The molecule has 1 aromatic heterocycles. The molecule has 25 heavy (non-hydrogen) atoms. The number of hydrogen-bond acceptors (Lipinski definition) is 4. The van der Waals surface area contributed by atoms with E-state index in [1.54, 1.807) is 25.1 Å². The van der Waals surface area contributed by atoms with Gasteiger partial charge in [0.2, 0.25) is 5.95 Å². The summed E-state index contributed by atoms with van der Waals surface area (Å²) < 4.78 is 26.6. The van der Waals surface area contributed by atoms with Crippen molar-refractivity contribution < 1.29 is 13.6 Å². The lowest BCUT2D eigenvalue weighted by molar-refractivity contribution is 0.102. The number of nitrogens with zero attached hydrogens (tertiary/aromatic N) is 2. The number of aromatic nitrogens is 2. The first-order chi connectivity index (χ1) is 12.0. The van der Waals surface area contributed by atoms with E-state index in [1.807, 2.05) is 0 Å². The maximum atomic E-state index is 13.7. The van der Waals surface area contributed by atoms with E-state index < -0.39 is 17.5 Å². The molecule has 1 heterocycles. The third-order valence-corrected chi connectivity index (χ3v) is 3.31. The second-order valence-corrected chi connectivity index (χ2v) is 5.28. The van der Waals surface area contributed by atoms with Gasteiger partial charge in [-0.05, 0) is 49.4 Å². The molecular formula is C18H14F2N4O. The predicted molar refractivity (Wildman–Crippen MR) is 90.8 cm³/mol. The number of halogens is 2. The van der Waals surface area contributed by atoms with Crippen LogP contribution in [-0.2, 0) is 0 Å². The van der Waals surface area contributed by atoms with Crippen LogP contribution in [0, 0.1) is 18.6 Å². The predicted octanol–water partition coefficient (Wildman–Crippen LogP) is 4.06. The van der Waals surface area contributed by atoms with Gasteiger partial charge in [-0.15, -0.1) is 0 Å². The molecule has 0 fully saturated rings. The van der Waals surface area contributed by atoms with Crippen molar-refractivity contribution in [3.05, 3.63) is 77.6 Å². The third kappa shape index (κ3) is 4.14. The fraction of sp³-hybridized carbons (Fsp3) is 0.0556. The minimum absolute atomic E-state index is 0.106. The molecule has 3 aromatic rings. The SMILES string of the molecule is Cc1cc(C(=O)Nc2ccc(F)cc2)nc(Nc2ccccc2F)n1. The average molecular weight is 340 g/mol. The second kappa shape index (κ2) is 7.04. The smallest absolute Gasteiger partial charge is 0.274 e. The Kier molecular flexibility index (Phi) is 4.65. The molecule has 0 atom stereocenters. The normalized spacial score (nSPS) is 10.4. The Labute approximate surface area is 142 Å². The number of carbonyl (C=O) groups excluding carboxylic acids is 1. The third-order valence-electron chi connectivity index (χ3n) is 3.31. The molecule has 2 aromatic carbocycles. The topological polar surface area (TPSA) is 66.9 Å². The minimum Gasteiger partial charge on any atom is -0.322 e. The monoisotopic (exact) mass is 340 g/mol. The van der Waals surface area contributed by atoms with E-state index in [9.17, 15) is 13.6 Å². The van der Waals surface area contributed by atoms with Crippen molar-refractivity contribution in [1.29, 1.82) is 0 Å². The molecule has 0 saturated carbocycles. The van der Waals surface area contributed by atoms with Crippen LogP contribution in [0.1, 0.15) is 16.2 Å². The lowest BCUT2D eigenvalue weighted by Gasteiger charge is -2.09. The number of carbonyl (C=O) groups is 1. The molecule has 3 rings (SSSR count). The molecule has 2 N–H and O–H groups in total. The Bertz CT molecular complexity index is 913. The molecule has 0 aliphatic rings. The first kappa shape index (κ1) is 16.5. The number of benzene rings is 2. The van der Waals surface area contributed by atoms with Crippen LogP contribution in [0.15, 0.2) is 54.6 Å². The van der Waals surface area contributed by atoms with Crippen LogP contribution in [0.2, 0.25) is 0 Å². The van der Waals surface area contributed by atoms with E-state index in [1.165, 1.54) is 36.4 Å². The first-order valence-electron chi connectivity index (χ1n) is 7.45. The Balaban J connectivity index is 1.82. The van der Waals surface area contributed by atoms with E-state index in [0.29, 0.717) is 11.4 Å². The van der Waals surface area contributed by atoms with Gasteiger partial charge in [0.15, 0.2) is 0 Å². The van der Waals surface area contributed by atoms with Crippen molar-refractivity contribution >= 4 is 23.2 Å². The highest BCUT2D eigenvalue weighted by Gasteiger charge is 2.12. The highest BCUT2D eigenvalue weighted by molar-refractivity contribution is 6.03. The molecule has 126 valence electrons. The molecule has 5 nitrogen and oxygen atoms in total. The van der Waals surface area contributed by atoms with Crippen LogP contribution in [0.25, 0.3) is 0 Å². The van der Waals surface area contributed by atoms with Gasteiger partial charge in [0, 0.05) is 11.4 Å². The van der Waals surface area contributed by atoms with Crippen LogP contribution in [0.5, 0.6) is 0 Å². The Morgan fingerprint density at radius 3 is 2.44 bits per heavy atom. The fourth-order valence-electron chi connectivity index (χ4n) is 2.15. The summed E-state index contributed by atoms with van der Waals surface area (Å²) in [5.74, 6) is -1.22.